The van der Waals surface area contributed by atoms with Gasteiger partial charge in [0.05, 0.1) is 10.9 Å². The van der Waals surface area contributed by atoms with Gasteiger partial charge < -0.3 is 5.11 Å². The first-order chi connectivity index (χ1) is 11.3. The molecule has 1 fully saturated rings. The molecule has 3 aromatic rings. The smallest absolute Gasteiger partial charge is 0.309 e. The quantitative estimate of drug-likeness (QED) is 0.782. The van der Waals surface area contributed by atoms with E-state index < -0.39 is 16.8 Å². The number of carboxylic acid groups (broad SMARTS) is 1. The van der Waals surface area contributed by atoms with Crippen LogP contribution in [0, 0.1) is 10.8 Å². The molecule has 124 valence electrons. The summed E-state index contributed by atoms with van der Waals surface area (Å²) in [5, 5.41) is 15.3. The number of carbonyl (C=O) groups is 1. The van der Waals surface area contributed by atoms with Crippen LogP contribution < -0.4 is 0 Å². The van der Waals surface area contributed by atoms with Crippen molar-refractivity contribution in [3.05, 3.63) is 36.4 Å². The number of aromatic nitrogens is 4. The Balaban J connectivity index is 1.86. The molecule has 1 aliphatic carbocycles. The Bertz CT molecular complexity index is 962. The van der Waals surface area contributed by atoms with E-state index in [1.54, 1.807) is 10.8 Å². The number of aliphatic carboxylic acids is 1. The molecule has 2 aromatic heterocycles. The maximum atomic E-state index is 11.8. The highest BCUT2D eigenvalue weighted by molar-refractivity contribution is 5.90. The fourth-order valence-corrected chi connectivity index (χ4v) is 3.98. The van der Waals surface area contributed by atoms with E-state index in [2.05, 4.69) is 10.1 Å². The summed E-state index contributed by atoms with van der Waals surface area (Å²) in [6.45, 7) is 5.86. The van der Waals surface area contributed by atoms with E-state index >= 15 is 0 Å². The number of fused-ring (bicyclic) bond motifs is 3. The molecule has 2 unspecified atom stereocenters. The van der Waals surface area contributed by atoms with Crippen LogP contribution >= 0.6 is 0 Å². The molecule has 1 N–H and O–H groups in total. The van der Waals surface area contributed by atoms with Crippen LogP contribution in [0.2, 0.25) is 0 Å². The van der Waals surface area contributed by atoms with Gasteiger partial charge in [-0.2, -0.15) is 0 Å². The molecule has 24 heavy (non-hydrogen) atoms. The van der Waals surface area contributed by atoms with E-state index in [0.29, 0.717) is 12.2 Å². The van der Waals surface area contributed by atoms with Gasteiger partial charge in [0.15, 0.2) is 11.5 Å². The lowest BCUT2D eigenvalue weighted by atomic mass is 9.65. The van der Waals surface area contributed by atoms with Crippen LogP contribution in [-0.4, -0.2) is 30.7 Å². The van der Waals surface area contributed by atoms with Gasteiger partial charge in [-0.05, 0) is 37.3 Å². The monoisotopic (exact) mass is 324 g/mol. The zero-order valence-electron chi connectivity index (χ0n) is 14.0. The van der Waals surface area contributed by atoms with Crippen LogP contribution in [0.25, 0.3) is 16.6 Å². The Kier molecular flexibility index (Phi) is 2.98. The highest BCUT2D eigenvalue weighted by Gasteiger charge is 2.57. The topological polar surface area (TPSA) is 80.4 Å². The first-order valence-electron chi connectivity index (χ1n) is 8.18. The zero-order chi connectivity index (χ0) is 17.1. The minimum atomic E-state index is -0.768. The number of nitrogens with zero attached hydrogens (tertiary/aromatic N) is 4. The van der Waals surface area contributed by atoms with Crippen LogP contribution in [0.1, 0.15) is 45.4 Å². The zero-order valence-corrected chi connectivity index (χ0v) is 14.0. The minimum absolute atomic E-state index is 0.0114. The second-order valence-electron chi connectivity index (χ2n) is 7.45. The van der Waals surface area contributed by atoms with Gasteiger partial charge in [0, 0.05) is 11.3 Å². The number of benzene rings is 1. The predicted molar refractivity (Wildman–Crippen MR) is 89.8 cm³/mol. The summed E-state index contributed by atoms with van der Waals surface area (Å²) in [4.78, 5) is 21.0. The number of para-hydroxylation sites is 1. The fraction of sp³-hybridized carbons (Fsp3) is 0.444. The van der Waals surface area contributed by atoms with Gasteiger partial charge in [-0.15, -0.1) is 5.10 Å². The molecule has 1 aromatic carbocycles. The van der Waals surface area contributed by atoms with Crippen molar-refractivity contribution in [2.45, 2.75) is 39.5 Å². The lowest BCUT2D eigenvalue weighted by Gasteiger charge is -2.37. The molecule has 1 aliphatic rings. The number of carboxylic acids is 1. The molecule has 0 spiro atoms. The Hall–Kier alpha value is -2.50. The van der Waals surface area contributed by atoms with Crippen LogP contribution in [0.15, 0.2) is 30.6 Å². The van der Waals surface area contributed by atoms with Gasteiger partial charge in [-0.25, -0.2) is 14.5 Å². The molecule has 1 saturated carbocycles. The van der Waals surface area contributed by atoms with Crippen LogP contribution in [-0.2, 0) is 4.79 Å². The molecule has 0 bridgehead atoms. The van der Waals surface area contributed by atoms with Crippen LogP contribution in [0.4, 0.5) is 0 Å². The Labute approximate surface area is 139 Å². The predicted octanol–water partition coefficient (Wildman–Crippen LogP) is 3.27. The van der Waals surface area contributed by atoms with Gasteiger partial charge in [-0.3, -0.25) is 4.79 Å². The molecule has 0 aliphatic heterocycles. The Morgan fingerprint density at radius 2 is 2.04 bits per heavy atom. The largest absolute Gasteiger partial charge is 0.481 e. The normalized spacial score (nSPS) is 26.2. The molecule has 0 saturated heterocycles. The summed E-state index contributed by atoms with van der Waals surface area (Å²) < 4.78 is 1.70. The van der Waals surface area contributed by atoms with Crippen molar-refractivity contribution in [2.75, 3.05) is 0 Å². The SMILES string of the molecule is CC1(C(=O)O)CCC(c2nc3c4ccccc4ncn3n2)C1(C)C. The summed E-state index contributed by atoms with van der Waals surface area (Å²) in [5.41, 5.74) is 0.461. The van der Waals surface area contributed by atoms with Gasteiger partial charge in [0.1, 0.15) is 6.33 Å². The molecule has 2 atom stereocenters. The van der Waals surface area contributed by atoms with Crippen LogP contribution in [0.3, 0.4) is 0 Å². The molecule has 2 heterocycles. The molecule has 0 amide bonds. The van der Waals surface area contributed by atoms with E-state index in [-0.39, 0.29) is 5.92 Å². The summed E-state index contributed by atoms with van der Waals surface area (Å²) in [5.74, 6) is -0.0220. The average Bonchev–Trinajstić information content (AvgIpc) is 3.07. The molecular weight excluding hydrogens is 304 g/mol. The van der Waals surface area contributed by atoms with E-state index in [0.717, 1.165) is 23.0 Å². The van der Waals surface area contributed by atoms with Gasteiger partial charge in [0.2, 0.25) is 0 Å². The summed E-state index contributed by atoms with van der Waals surface area (Å²) in [7, 11) is 0. The van der Waals surface area contributed by atoms with Crippen LogP contribution in [0.5, 0.6) is 0 Å². The third kappa shape index (κ3) is 1.82. The molecule has 0 radical (unpaired) electrons. The third-order valence-corrected chi connectivity index (χ3v) is 6.11. The van der Waals surface area contributed by atoms with Crippen molar-refractivity contribution in [3.8, 4) is 0 Å². The second-order valence-corrected chi connectivity index (χ2v) is 7.45. The average molecular weight is 324 g/mol. The number of hydrogen-bond donors (Lipinski definition) is 1. The second kappa shape index (κ2) is 4.75. The summed E-state index contributed by atoms with van der Waals surface area (Å²) in [6, 6.07) is 7.84. The molecule has 6 heteroatoms. The van der Waals surface area contributed by atoms with E-state index in [9.17, 15) is 9.90 Å². The standard InChI is InChI=1S/C18H20N4O2/c1-17(2)12(8-9-18(17,3)16(23)24)14-20-15-11-6-4-5-7-13(11)19-10-22(15)21-14/h4-7,10,12H,8-9H2,1-3H3,(H,23,24). The number of hydrogen-bond acceptors (Lipinski definition) is 4. The highest BCUT2D eigenvalue weighted by Crippen LogP contribution is 2.59. The maximum Gasteiger partial charge on any atom is 0.309 e. The first-order valence-corrected chi connectivity index (χ1v) is 8.18. The van der Waals surface area contributed by atoms with Crippen molar-refractivity contribution in [1.29, 1.82) is 0 Å². The van der Waals surface area contributed by atoms with E-state index in [4.69, 9.17) is 4.98 Å². The van der Waals surface area contributed by atoms with Crippen molar-refractivity contribution < 1.29 is 9.90 Å². The highest BCUT2D eigenvalue weighted by atomic mass is 16.4. The van der Waals surface area contributed by atoms with Gasteiger partial charge >= 0.3 is 5.97 Å². The van der Waals surface area contributed by atoms with Crippen molar-refractivity contribution in [1.82, 2.24) is 19.6 Å². The Morgan fingerprint density at radius 3 is 2.75 bits per heavy atom. The molecule has 6 nitrogen and oxygen atoms in total. The molecular formula is C18H20N4O2. The number of rotatable bonds is 2. The maximum absolute atomic E-state index is 11.8. The van der Waals surface area contributed by atoms with E-state index in [1.807, 2.05) is 45.0 Å². The lowest BCUT2D eigenvalue weighted by Crippen LogP contribution is -2.40. The first kappa shape index (κ1) is 15.1. The molecule has 4 rings (SSSR count). The lowest BCUT2D eigenvalue weighted by molar-refractivity contribution is -0.153. The van der Waals surface area contributed by atoms with E-state index in [1.165, 1.54) is 0 Å². The van der Waals surface area contributed by atoms with Gasteiger partial charge in [0.25, 0.3) is 0 Å². The van der Waals surface area contributed by atoms with Crippen molar-refractivity contribution in [2.24, 2.45) is 10.8 Å². The minimum Gasteiger partial charge on any atom is -0.481 e. The van der Waals surface area contributed by atoms with Crippen molar-refractivity contribution >= 4 is 22.5 Å². The summed E-state index contributed by atoms with van der Waals surface area (Å²) >= 11 is 0. The van der Waals surface area contributed by atoms with Crippen molar-refractivity contribution in [3.63, 3.8) is 0 Å². The van der Waals surface area contributed by atoms with Gasteiger partial charge in [-0.1, -0.05) is 26.0 Å². The third-order valence-electron chi connectivity index (χ3n) is 6.11. The summed E-state index contributed by atoms with van der Waals surface area (Å²) in [6.07, 6.45) is 3.08. The Morgan fingerprint density at radius 1 is 1.29 bits per heavy atom. The fourth-order valence-electron chi connectivity index (χ4n) is 3.98.